The maximum atomic E-state index is 10.1. The van der Waals surface area contributed by atoms with E-state index in [0.717, 1.165) is 21.4 Å². The number of hydroxylamine groups is 1. The molecule has 0 radical (unpaired) electrons. The molecule has 0 amide bonds. The summed E-state index contributed by atoms with van der Waals surface area (Å²) in [6, 6.07) is 11.1. The Morgan fingerprint density at radius 3 is 2.81 bits per heavy atom. The summed E-state index contributed by atoms with van der Waals surface area (Å²) in [5.41, 5.74) is 3.26. The lowest BCUT2D eigenvalue weighted by Gasteiger charge is -2.26. The molecule has 0 unspecified atom stereocenters. The van der Waals surface area contributed by atoms with Crippen molar-refractivity contribution in [2.75, 3.05) is 11.6 Å². The summed E-state index contributed by atoms with van der Waals surface area (Å²) in [5.74, 6) is 0. The summed E-state index contributed by atoms with van der Waals surface area (Å²) in [6.07, 6.45) is 0.669. The van der Waals surface area contributed by atoms with Gasteiger partial charge in [0, 0.05) is 16.6 Å². The Kier molecular flexibility index (Phi) is 4.22. The number of halogens is 3. The molecule has 1 heterocycles. The first kappa shape index (κ1) is 14.9. The number of aliphatic imine (C=N–C) groups is 1. The topological polar surface area (TPSA) is 35.8 Å². The molecule has 108 valence electrons. The van der Waals surface area contributed by atoms with Crippen molar-refractivity contribution in [3.63, 3.8) is 0 Å². The molecule has 2 aromatic rings. The van der Waals surface area contributed by atoms with E-state index in [4.69, 9.17) is 23.2 Å². The predicted octanol–water partition coefficient (Wildman–Crippen LogP) is 5.28. The first-order valence-corrected chi connectivity index (χ1v) is 7.85. The quantitative estimate of drug-likeness (QED) is 0.724. The van der Waals surface area contributed by atoms with Crippen LogP contribution < -0.4 is 5.06 Å². The summed E-state index contributed by atoms with van der Waals surface area (Å²) < 4.78 is 0.929. The molecule has 3 rings (SSSR count). The molecule has 21 heavy (non-hydrogen) atoms. The summed E-state index contributed by atoms with van der Waals surface area (Å²) >= 11 is 15.5. The van der Waals surface area contributed by atoms with Crippen LogP contribution in [0.3, 0.4) is 0 Å². The molecule has 1 aliphatic heterocycles. The average molecular weight is 386 g/mol. The van der Waals surface area contributed by atoms with Crippen LogP contribution in [0.15, 0.2) is 45.9 Å². The van der Waals surface area contributed by atoms with E-state index in [-0.39, 0.29) is 0 Å². The molecule has 3 nitrogen and oxygen atoms in total. The molecular weight excluding hydrogens is 375 g/mol. The van der Waals surface area contributed by atoms with Gasteiger partial charge in [0.2, 0.25) is 0 Å². The number of fused-ring (bicyclic) bond motifs is 1. The van der Waals surface area contributed by atoms with E-state index in [2.05, 4.69) is 20.9 Å². The van der Waals surface area contributed by atoms with Crippen molar-refractivity contribution in [1.29, 1.82) is 0 Å². The van der Waals surface area contributed by atoms with Crippen LogP contribution in [0.1, 0.15) is 5.56 Å². The fourth-order valence-corrected chi connectivity index (χ4v) is 2.97. The van der Waals surface area contributed by atoms with Crippen LogP contribution in [0.2, 0.25) is 10.0 Å². The highest BCUT2D eigenvalue weighted by atomic mass is 79.9. The van der Waals surface area contributed by atoms with Crippen LogP contribution in [-0.4, -0.2) is 17.5 Å². The van der Waals surface area contributed by atoms with Gasteiger partial charge in [-0.1, -0.05) is 51.3 Å². The van der Waals surface area contributed by atoms with E-state index in [1.165, 1.54) is 5.06 Å². The van der Waals surface area contributed by atoms with Crippen LogP contribution in [0, 0.1) is 0 Å². The van der Waals surface area contributed by atoms with Gasteiger partial charge in [-0.05, 0) is 29.8 Å². The second kappa shape index (κ2) is 5.97. The predicted molar refractivity (Wildman–Crippen MR) is 90.5 cm³/mol. The Bertz CT molecular complexity index is 734. The van der Waals surface area contributed by atoms with Crippen LogP contribution in [0.5, 0.6) is 0 Å². The minimum atomic E-state index is 0.340. The highest BCUT2D eigenvalue weighted by Crippen LogP contribution is 2.33. The van der Waals surface area contributed by atoms with Crippen molar-refractivity contribution in [2.45, 2.75) is 6.42 Å². The van der Waals surface area contributed by atoms with Gasteiger partial charge in [0.15, 0.2) is 0 Å². The molecular formula is C15H11BrCl2N2O. The lowest BCUT2D eigenvalue weighted by Crippen LogP contribution is -2.32. The molecule has 6 heteroatoms. The lowest BCUT2D eigenvalue weighted by molar-refractivity contribution is 0.266. The third-order valence-corrected chi connectivity index (χ3v) is 4.56. The Morgan fingerprint density at radius 1 is 1.19 bits per heavy atom. The van der Waals surface area contributed by atoms with E-state index < -0.39 is 0 Å². The summed E-state index contributed by atoms with van der Waals surface area (Å²) in [6.45, 7) is 0.340. The van der Waals surface area contributed by atoms with E-state index in [9.17, 15) is 5.21 Å². The maximum Gasteiger partial charge on any atom is 0.0848 e. The van der Waals surface area contributed by atoms with Crippen LogP contribution in [0.4, 0.5) is 11.4 Å². The molecule has 0 aromatic heterocycles. The van der Waals surface area contributed by atoms with Gasteiger partial charge in [-0.25, -0.2) is 0 Å². The van der Waals surface area contributed by atoms with E-state index >= 15 is 0 Å². The molecule has 2 aromatic carbocycles. The smallest absolute Gasteiger partial charge is 0.0848 e. The summed E-state index contributed by atoms with van der Waals surface area (Å²) in [7, 11) is 0. The molecule has 0 bridgehead atoms. The Labute approximate surface area is 140 Å². The summed E-state index contributed by atoms with van der Waals surface area (Å²) in [4.78, 5) is 4.54. The number of rotatable bonds is 1. The normalized spacial score (nSPS) is 16.2. The monoisotopic (exact) mass is 384 g/mol. The third-order valence-electron chi connectivity index (χ3n) is 3.26. The second-order valence-electron chi connectivity index (χ2n) is 4.76. The van der Waals surface area contributed by atoms with Crippen molar-refractivity contribution >= 4 is 56.2 Å². The molecule has 0 aliphatic carbocycles. The fourth-order valence-electron chi connectivity index (χ4n) is 2.28. The SMILES string of the molecule is ON1CC(=Nc2cccc(Cl)c2Cl)Cc2ccc(Br)cc21. The van der Waals surface area contributed by atoms with Crippen molar-refractivity contribution in [3.05, 3.63) is 56.5 Å². The molecule has 0 fully saturated rings. The maximum absolute atomic E-state index is 10.1. The van der Waals surface area contributed by atoms with Gasteiger partial charge in [0.05, 0.1) is 28.0 Å². The van der Waals surface area contributed by atoms with Gasteiger partial charge in [0.25, 0.3) is 0 Å². The first-order chi connectivity index (χ1) is 10.0. The zero-order valence-corrected chi connectivity index (χ0v) is 14.0. The van der Waals surface area contributed by atoms with Crippen molar-refractivity contribution < 1.29 is 5.21 Å². The minimum Gasteiger partial charge on any atom is -0.288 e. The Morgan fingerprint density at radius 2 is 2.00 bits per heavy atom. The van der Waals surface area contributed by atoms with E-state index in [1.54, 1.807) is 18.2 Å². The molecule has 0 atom stereocenters. The first-order valence-electron chi connectivity index (χ1n) is 6.30. The van der Waals surface area contributed by atoms with Crippen LogP contribution in [0.25, 0.3) is 0 Å². The number of anilines is 1. The van der Waals surface area contributed by atoms with Crippen molar-refractivity contribution in [3.8, 4) is 0 Å². The third kappa shape index (κ3) is 3.09. The summed E-state index contributed by atoms with van der Waals surface area (Å²) in [5, 5.41) is 12.2. The molecule has 1 aliphatic rings. The Hall–Kier alpha value is -1.07. The largest absolute Gasteiger partial charge is 0.288 e. The average Bonchev–Trinajstić information content (AvgIpc) is 2.45. The van der Waals surface area contributed by atoms with Gasteiger partial charge in [-0.15, -0.1) is 0 Å². The number of nitrogens with zero attached hydrogens (tertiary/aromatic N) is 2. The standard InChI is InChI=1S/C15H11BrCl2N2O/c16-10-5-4-9-6-11(8-20(21)14(9)7-10)19-13-3-1-2-12(17)15(13)18/h1-5,7,21H,6,8H2. The van der Waals surface area contributed by atoms with E-state index in [0.29, 0.717) is 28.7 Å². The van der Waals surface area contributed by atoms with Crippen LogP contribution in [-0.2, 0) is 6.42 Å². The number of hydrogen-bond acceptors (Lipinski definition) is 3. The molecule has 0 saturated carbocycles. The van der Waals surface area contributed by atoms with Gasteiger partial charge in [0.1, 0.15) is 0 Å². The number of benzene rings is 2. The van der Waals surface area contributed by atoms with E-state index in [1.807, 2.05) is 18.2 Å². The second-order valence-corrected chi connectivity index (χ2v) is 6.46. The minimum absolute atomic E-state index is 0.340. The number of hydrogen-bond donors (Lipinski definition) is 1. The lowest BCUT2D eigenvalue weighted by atomic mass is 10.0. The highest BCUT2D eigenvalue weighted by Gasteiger charge is 2.20. The fraction of sp³-hybridized carbons (Fsp3) is 0.133. The van der Waals surface area contributed by atoms with Gasteiger partial charge in [-0.2, -0.15) is 0 Å². The van der Waals surface area contributed by atoms with Crippen LogP contribution >= 0.6 is 39.1 Å². The Balaban J connectivity index is 1.97. The van der Waals surface area contributed by atoms with Crippen molar-refractivity contribution in [1.82, 2.24) is 0 Å². The zero-order valence-electron chi connectivity index (χ0n) is 10.9. The zero-order chi connectivity index (χ0) is 15.0. The van der Waals surface area contributed by atoms with Gasteiger partial charge in [-0.3, -0.25) is 15.3 Å². The van der Waals surface area contributed by atoms with Gasteiger partial charge < -0.3 is 0 Å². The molecule has 0 spiro atoms. The molecule has 0 saturated heterocycles. The van der Waals surface area contributed by atoms with Crippen molar-refractivity contribution in [2.24, 2.45) is 4.99 Å². The van der Waals surface area contributed by atoms with Gasteiger partial charge >= 0.3 is 0 Å². The highest BCUT2D eigenvalue weighted by molar-refractivity contribution is 9.10. The molecule has 1 N–H and O–H groups in total.